The maximum atomic E-state index is 12.1. The Morgan fingerprint density at radius 2 is 1.71 bits per heavy atom. The van der Waals surface area contributed by atoms with Crippen molar-refractivity contribution in [3.8, 4) is 0 Å². The van der Waals surface area contributed by atoms with E-state index in [9.17, 15) is 9.59 Å². The van der Waals surface area contributed by atoms with E-state index in [2.05, 4.69) is 29.4 Å². The SMILES string of the molecule is CC(C)CCC(=O)N1CCN(C(=O)Cn2cnnn2)CC1. The standard InChI is InChI=1S/C13H22N6O2/c1-11(2)3-4-12(20)17-5-7-18(8-6-17)13(21)9-19-10-14-15-16-19/h10-11H,3-9H2,1-2H3. The smallest absolute Gasteiger partial charge is 0.244 e. The molecule has 1 saturated heterocycles. The number of hydrogen-bond acceptors (Lipinski definition) is 5. The third-order valence-corrected chi connectivity index (χ3v) is 3.61. The number of aromatic nitrogens is 4. The highest BCUT2D eigenvalue weighted by molar-refractivity contribution is 5.78. The number of tetrazole rings is 1. The van der Waals surface area contributed by atoms with Crippen LogP contribution in [0.2, 0.25) is 0 Å². The number of carbonyl (C=O) groups is 2. The summed E-state index contributed by atoms with van der Waals surface area (Å²) in [6.45, 7) is 6.75. The molecule has 0 spiro atoms. The van der Waals surface area contributed by atoms with Crippen molar-refractivity contribution >= 4 is 11.8 Å². The van der Waals surface area contributed by atoms with Gasteiger partial charge in [-0.25, -0.2) is 4.68 Å². The molecule has 8 nitrogen and oxygen atoms in total. The van der Waals surface area contributed by atoms with Crippen LogP contribution in [0.3, 0.4) is 0 Å². The van der Waals surface area contributed by atoms with Crippen LogP contribution in [-0.2, 0) is 16.1 Å². The quantitative estimate of drug-likeness (QED) is 0.749. The lowest BCUT2D eigenvalue weighted by Crippen LogP contribution is -2.51. The average Bonchev–Trinajstić information content (AvgIpc) is 2.97. The van der Waals surface area contributed by atoms with E-state index in [4.69, 9.17) is 0 Å². The lowest BCUT2D eigenvalue weighted by atomic mass is 10.1. The van der Waals surface area contributed by atoms with Gasteiger partial charge in [0.05, 0.1) is 0 Å². The normalized spacial score (nSPS) is 15.6. The highest BCUT2D eigenvalue weighted by atomic mass is 16.2. The summed E-state index contributed by atoms with van der Waals surface area (Å²) < 4.78 is 1.41. The molecule has 116 valence electrons. The van der Waals surface area contributed by atoms with Gasteiger partial charge in [0.25, 0.3) is 0 Å². The summed E-state index contributed by atoms with van der Waals surface area (Å²) in [5.74, 6) is 0.709. The molecule has 1 aliphatic heterocycles. The van der Waals surface area contributed by atoms with Gasteiger partial charge in [-0.15, -0.1) is 5.10 Å². The Labute approximate surface area is 124 Å². The van der Waals surface area contributed by atoms with E-state index in [-0.39, 0.29) is 18.4 Å². The van der Waals surface area contributed by atoms with E-state index in [1.807, 2.05) is 4.90 Å². The largest absolute Gasteiger partial charge is 0.339 e. The zero-order valence-electron chi connectivity index (χ0n) is 12.6. The molecule has 21 heavy (non-hydrogen) atoms. The fourth-order valence-electron chi connectivity index (χ4n) is 2.27. The summed E-state index contributed by atoms with van der Waals surface area (Å²) in [7, 11) is 0. The van der Waals surface area contributed by atoms with E-state index >= 15 is 0 Å². The summed E-state index contributed by atoms with van der Waals surface area (Å²) in [5, 5.41) is 10.7. The molecule has 1 fully saturated rings. The van der Waals surface area contributed by atoms with Gasteiger partial charge in [-0.2, -0.15) is 0 Å². The van der Waals surface area contributed by atoms with Gasteiger partial charge in [-0.1, -0.05) is 13.8 Å². The molecule has 0 bridgehead atoms. The Morgan fingerprint density at radius 1 is 1.10 bits per heavy atom. The minimum atomic E-state index is -0.0171. The number of nitrogens with zero attached hydrogens (tertiary/aromatic N) is 6. The van der Waals surface area contributed by atoms with Gasteiger partial charge in [-0.3, -0.25) is 9.59 Å². The van der Waals surface area contributed by atoms with Crippen molar-refractivity contribution < 1.29 is 9.59 Å². The fourth-order valence-corrected chi connectivity index (χ4v) is 2.27. The van der Waals surface area contributed by atoms with Crippen LogP contribution in [0, 0.1) is 5.92 Å². The highest BCUT2D eigenvalue weighted by Gasteiger charge is 2.24. The second-order valence-electron chi connectivity index (χ2n) is 5.70. The highest BCUT2D eigenvalue weighted by Crippen LogP contribution is 2.09. The average molecular weight is 294 g/mol. The molecule has 0 saturated carbocycles. The molecule has 8 heteroatoms. The molecular formula is C13H22N6O2. The van der Waals surface area contributed by atoms with Crippen molar-refractivity contribution in [3.63, 3.8) is 0 Å². The third-order valence-electron chi connectivity index (χ3n) is 3.61. The minimum Gasteiger partial charge on any atom is -0.339 e. The molecule has 0 radical (unpaired) electrons. The first-order chi connectivity index (χ1) is 10.1. The number of carbonyl (C=O) groups excluding carboxylic acids is 2. The monoisotopic (exact) mass is 294 g/mol. The number of hydrogen-bond donors (Lipinski definition) is 0. The Balaban J connectivity index is 1.75. The molecule has 2 rings (SSSR count). The molecule has 0 atom stereocenters. The Bertz CT molecular complexity index is 465. The van der Waals surface area contributed by atoms with E-state index in [0.29, 0.717) is 38.5 Å². The van der Waals surface area contributed by atoms with E-state index in [1.54, 1.807) is 4.90 Å². The Morgan fingerprint density at radius 3 is 2.24 bits per heavy atom. The first-order valence-corrected chi connectivity index (χ1v) is 7.32. The number of rotatable bonds is 5. The first-order valence-electron chi connectivity index (χ1n) is 7.32. The molecule has 1 aromatic heterocycles. The van der Waals surface area contributed by atoms with Gasteiger partial charge < -0.3 is 9.80 Å². The van der Waals surface area contributed by atoms with Crippen molar-refractivity contribution in [3.05, 3.63) is 6.33 Å². The van der Waals surface area contributed by atoms with Gasteiger partial charge in [0.1, 0.15) is 12.9 Å². The zero-order valence-corrected chi connectivity index (χ0v) is 12.6. The van der Waals surface area contributed by atoms with Crippen LogP contribution >= 0.6 is 0 Å². The fraction of sp³-hybridized carbons (Fsp3) is 0.769. The van der Waals surface area contributed by atoms with Crippen molar-refractivity contribution in [1.29, 1.82) is 0 Å². The van der Waals surface area contributed by atoms with Crippen LogP contribution in [0.4, 0.5) is 0 Å². The summed E-state index contributed by atoms with van der Waals surface area (Å²) in [5.41, 5.74) is 0. The lowest BCUT2D eigenvalue weighted by Gasteiger charge is -2.34. The molecule has 0 aliphatic carbocycles. The zero-order chi connectivity index (χ0) is 15.2. The van der Waals surface area contributed by atoms with Crippen LogP contribution in [0.1, 0.15) is 26.7 Å². The molecule has 2 heterocycles. The second kappa shape index (κ2) is 7.14. The van der Waals surface area contributed by atoms with E-state index in [0.717, 1.165) is 6.42 Å². The second-order valence-corrected chi connectivity index (χ2v) is 5.70. The Hall–Kier alpha value is -1.99. The minimum absolute atomic E-state index is 0.0171. The Kier molecular flexibility index (Phi) is 5.24. The van der Waals surface area contributed by atoms with Gasteiger partial charge in [0.15, 0.2) is 0 Å². The van der Waals surface area contributed by atoms with Crippen LogP contribution < -0.4 is 0 Å². The van der Waals surface area contributed by atoms with Crippen LogP contribution in [0.15, 0.2) is 6.33 Å². The summed E-state index contributed by atoms with van der Waals surface area (Å²) in [6.07, 6.45) is 2.93. The van der Waals surface area contributed by atoms with Gasteiger partial charge in [0.2, 0.25) is 11.8 Å². The molecule has 0 N–H and O–H groups in total. The van der Waals surface area contributed by atoms with Crippen molar-refractivity contribution in [2.45, 2.75) is 33.2 Å². The van der Waals surface area contributed by atoms with Crippen LogP contribution in [0.25, 0.3) is 0 Å². The summed E-state index contributed by atoms with van der Waals surface area (Å²) in [4.78, 5) is 27.7. The lowest BCUT2D eigenvalue weighted by molar-refractivity contribution is -0.140. The molecule has 2 amide bonds. The number of piperazine rings is 1. The maximum Gasteiger partial charge on any atom is 0.244 e. The van der Waals surface area contributed by atoms with Crippen molar-refractivity contribution in [2.24, 2.45) is 5.92 Å². The van der Waals surface area contributed by atoms with Gasteiger partial charge in [-0.05, 0) is 22.8 Å². The molecule has 0 unspecified atom stereocenters. The molecule has 1 aromatic rings. The van der Waals surface area contributed by atoms with E-state index in [1.165, 1.54) is 11.0 Å². The van der Waals surface area contributed by atoms with E-state index < -0.39 is 0 Å². The predicted molar refractivity (Wildman–Crippen MR) is 75.0 cm³/mol. The first kappa shape index (κ1) is 15.4. The van der Waals surface area contributed by atoms with Crippen molar-refractivity contribution in [2.75, 3.05) is 26.2 Å². The van der Waals surface area contributed by atoms with Crippen molar-refractivity contribution in [1.82, 2.24) is 30.0 Å². The number of amides is 2. The summed E-state index contributed by atoms with van der Waals surface area (Å²) >= 11 is 0. The van der Waals surface area contributed by atoms with Gasteiger partial charge in [0, 0.05) is 32.6 Å². The van der Waals surface area contributed by atoms with Crippen LogP contribution in [-0.4, -0.2) is 68.0 Å². The van der Waals surface area contributed by atoms with Gasteiger partial charge >= 0.3 is 0 Å². The topological polar surface area (TPSA) is 84.2 Å². The summed E-state index contributed by atoms with van der Waals surface area (Å²) in [6, 6.07) is 0. The third kappa shape index (κ3) is 4.51. The van der Waals surface area contributed by atoms with Crippen LogP contribution in [0.5, 0.6) is 0 Å². The molecule has 0 aromatic carbocycles. The predicted octanol–water partition coefficient (Wildman–Crippen LogP) is -0.220. The molecule has 1 aliphatic rings. The maximum absolute atomic E-state index is 12.1. The molecular weight excluding hydrogens is 272 g/mol.